The summed E-state index contributed by atoms with van der Waals surface area (Å²) in [6, 6.07) is 10.7. The van der Waals surface area contributed by atoms with E-state index in [2.05, 4.69) is 15.9 Å². The van der Waals surface area contributed by atoms with Crippen molar-refractivity contribution in [2.45, 2.75) is 13.8 Å². The molecule has 2 rings (SSSR count). The molecule has 0 saturated heterocycles. The van der Waals surface area contributed by atoms with Gasteiger partial charge in [0.2, 0.25) is 0 Å². The van der Waals surface area contributed by atoms with Gasteiger partial charge in [-0.25, -0.2) is 0 Å². The molecule has 104 valence electrons. The number of carbonyl (C=O) groups excluding carboxylic acids is 1. The van der Waals surface area contributed by atoms with Crippen LogP contribution in [0, 0.1) is 6.92 Å². The largest absolute Gasteiger partial charge is 0.493 e. The summed E-state index contributed by atoms with van der Waals surface area (Å²) in [5.41, 5.74) is 2.03. The summed E-state index contributed by atoms with van der Waals surface area (Å²) < 4.78 is 6.35. The number of benzene rings is 2. The third kappa shape index (κ3) is 3.22. The number of ether oxygens (including phenoxy) is 1. The minimum absolute atomic E-state index is 0.100. The van der Waals surface area contributed by atoms with Gasteiger partial charge in [-0.15, -0.1) is 0 Å². The Balaban J connectivity index is 2.46. The van der Waals surface area contributed by atoms with Crippen molar-refractivity contribution in [1.82, 2.24) is 0 Å². The van der Waals surface area contributed by atoms with Crippen molar-refractivity contribution < 1.29 is 9.53 Å². The van der Waals surface area contributed by atoms with Gasteiger partial charge in [-0.3, -0.25) is 4.79 Å². The Morgan fingerprint density at radius 3 is 2.65 bits per heavy atom. The molecule has 0 aromatic heterocycles. The molecule has 2 nitrogen and oxygen atoms in total. The zero-order valence-corrected chi connectivity index (χ0v) is 13.6. The fourth-order valence-electron chi connectivity index (χ4n) is 1.85. The molecule has 20 heavy (non-hydrogen) atoms. The zero-order valence-electron chi connectivity index (χ0n) is 11.2. The van der Waals surface area contributed by atoms with E-state index in [1.165, 1.54) is 0 Å². The first-order valence-electron chi connectivity index (χ1n) is 6.26. The van der Waals surface area contributed by atoms with Crippen LogP contribution in [0.25, 0.3) is 0 Å². The Morgan fingerprint density at radius 2 is 2.00 bits per heavy atom. The molecule has 0 radical (unpaired) electrons. The standard InChI is InChI=1S/C16H14BrClO2/c1-3-20-15-7-6-12(17)9-13(15)16(19)11-5-4-10(2)14(18)8-11/h4-9H,3H2,1-2H3. The topological polar surface area (TPSA) is 26.3 Å². The lowest BCUT2D eigenvalue weighted by molar-refractivity contribution is 0.103. The molecule has 0 bridgehead atoms. The molecule has 0 atom stereocenters. The average Bonchev–Trinajstić information content (AvgIpc) is 2.43. The van der Waals surface area contributed by atoms with Crippen molar-refractivity contribution in [2.24, 2.45) is 0 Å². The van der Waals surface area contributed by atoms with E-state index in [1.807, 2.05) is 26.0 Å². The number of carbonyl (C=O) groups is 1. The van der Waals surface area contributed by atoms with Gasteiger partial charge in [-0.2, -0.15) is 0 Å². The Bertz CT molecular complexity index is 653. The Morgan fingerprint density at radius 1 is 1.25 bits per heavy atom. The molecular formula is C16H14BrClO2. The molecule has 0 aliphatic heterocycles. The van der Waals surface area contributed by atoms with Gasteiger partial charge in [0, 0.05) is 15.1 Å². The van der Waals surface area contributed by atoms with E-state index in [4.69, 9.17) is 16.3 Å². The lowest BCUT2D eigenvalue weighted by Gasteiger charge is -2.10. The monoisotopic (exact) mass is 352 g/mol. The van der Waals surface area contributed by atoms with E-state index >= 15 is 0 Å². The summed E-state index contributed by atoms with van der Waals surface area (Å²) in [5, 5.41) is 0.587. The van der Waals surface area contributed by atoms with E-state index < -0.39 is 0 Å². The highest BCUT2D eigenvalue weighted by Crippen LogP contribution is 2.27. The molecule has 0 heterocycles. The van der Waals surface area contributed by atoms with Gasteiger partial charge < -0.3 is 4.74 Å². The fraction of sp³-hybridized carbons (Fsp3) is 0.188. The lowest BCUT2D eigenvalue weighted by atomic mass is 10.0. The molecule has 0 N–H and O–H groups in total. The Kier molecular flexibility index (Phi) is 4.84. The number of hydrogen-bond donors (Lipinski definition) is 0. The van der Waals surface area contributed by atoms with Crippen LogP contribution in [0.3, 0.4) is 0 Å². The summed E-state index contributed by atoms with van der Waals surface area (Å²) in [5.74, 6) is 0.481. The predicted octanol–water partition coefficient (Wildman–Crippen LogP) is 5.04. The molecule has 2 aromatic carbocycles. The van der Waals surface area contributed by atoms with Gasteiger partial charge in [0.1, 0.15) is 5.75 Å². The fourth-order valence-corrected chi connectivity index (χ4v) is 2.39. The van der Waals surface area contributed by atoms with E-state index in [1.54, 1.807) is 24.3 Å². The molecule has 0 fully saturated rings. The third-order valence-electron chi connectivity index (χ3n) is 2.92. The molecule has 0 amide bonds. The normalized spacial score (nSPS) is 10.4. The first-order valence-corrected chi connectivity index (χ1v) is 7.43. The first kappa shape index (κ1) is 15.1. The molecular weight excluding hydrogens is 340 g/mol. The SMILES string of the molecule is CCOc1ccc(Br)cc1C(=O)c1ccc(C)c(Cl)c1. The molecule has 4 heteroatoms. The Labute approximate surface area is 131 Å². The molecule has 2 aromatic rings. The van der Waals surface area contributed by atoms with Crippen LogP contribution in [-0.4, -0.2) is 12.4 Å². The van der Waals surface area contributed by atoms with E-state index in [0.717, 1.165) is 10.0 Å². The van der Waals surface area contributed by atoms with E-state index in [0.29, 0.717) is 28.5 Å². The van der Waals surface area contributed by atoms with Crippen molar-refractivity contribution in [1.29, 1.82) is 0 Å². The van der Waals surface area contributed by atoms with Crippen LogP contribution in [0.1, 0.15) is 28.4 Å². The third-order valence-corrected chi connectivity index (χ3v) is 3.82. The number of halogens is 2. The summed E-state index contributed by atoms with van der Waals surface area (Å²) in [7, 11) is 0. The van der Waals surface area contributed by atoms with Crippen LogP contribution in [-0.2, 0) is 0 Å². The second-order valence-corrected chi connectivity index (χ2v) is 5.69. The highest BCUT2D eigenvalue weighted by molar-refractivity contribution is 9.10. The summed E-state index contributed by atoms with van der Waals surface area (Å²) in [6.45, 7) is 4.30. The predicted molar refractivity (Wildman–Crippen MR) is 84.9 cm³/mol. The molecule has 0 saturated carbocycles. The smallest absolute Gasteiger partial charge is 0.196 e. The van der Waals surface area contributed by atoms with Crippen molar-refractivity contribution in [2.75, 3.05) is 6.61 Å². The second kappa shape index (κ2) is 6.42. The summed E-state index contributed by atoms with van der Waals surface area (Å²) in [4.78, 5) is 12.6. The Hall–Kier alpha value is -1.32. The van der Waals surface area contributed by atoms with Crippen LogP contribution >= 0.6 is 27.5 Å². The first-order chi connectivity index (χ1) is 9.52. The van der Waals surface area contributed by atoms with Crippen molar-refractivity contribution >= 4 is 33.3 Å². The molecule has 0 aliphatic rings. The molecule has 0 unspecified atom stereocenters. The van der Waals surface area contributed by atoms with Crippen molar-refractivity contribution in [3.05, 3.63) is 62.6 Å². The maximum absolute atomic E-state index is 12.6. The van der Waals surface area contributed by atoms with Crippen molar-refractivity contribution in [3.63, 3.8) is 0 Å². The van der Waals surface area contributed by atoms with Gasteiger partial charge in [0.15, 0.2) is 5.78 Å². The summed E-state index contributed by atoms with van der Waals surface area (Å²) >= 11 is 9.47. The van der Waals surface area contributed by atoms with Gasteiger partial charge in [-0.05, 0) is 43.7 Å². The van der Waals surface area contributed by atoms with Crippen LogP contribution in [0.5, 0.6) is 5.75 Å². The van der Waals surface area contributed by atoms with E-state index in [-0.39, 0.29) is 5.78 Å². The number of hydrogen-bond acceptors (Lipinski definition) is 2. The highest BCUT2D eigenvalue weighted by Gasteiger charge is 2.16. The zero-order chi connectivity index (χ0) is 14.7. The maximum Gasteiger partial charge on any atom is 0.196 e. The van der Waals surface area contributed by atoms with Crippen LogP contribution in [0.15, 0.2) is 40.9 Å². The highest BCUT2D eigenvalue weighted by atomic mass is 79.9. The average molecular weight is 354 g/mol. The van der Waals surface area contributed by atoms with Crippen molar-refractivity contribution in [3.8, 4) is 5.75 Å². The second-order valence-electron chi connectivity index (χ2n) is 4.37. The number of rotatable bonds is 4. The van der Waals surface area contributed by atoms with Crippen LogP contribution in [0.2, 0.25) is 5.02 Å². The quantitative estimate of drug-likeness (QED) is 0.720. The van der Waals surface area contributed by atoms with Gasteiger partial charge >= 0.3 is 0 Å². The van der Waals surface area contributed by atoms with Crippen LogP contribution < -0.4 is 4.74 Å². The minimum atomic E-state index is -0.100. The van der Waals surface area contributed by atoms with Gasteiger partial charge in [-0.1, -0.05) is 39.7 Å². The van der Waals surface area contributed by atoms with E-state index in [9.17, 15) is 4.79 Å². The number of ketones is 1. The van der Waals surface area contributed by atoms with Gasteiger partial charge in [0.05, 0.1) is 12.2 Å². The lowest BCUT2D eigenvalue weighted by Crippen LogP contribution is -2.05. The number of aryl methyl sites for hydroxylation is 1. The van der Waals surface area contributed by atoms with Crippen LogP contribution in [0.4, 0.5) is 0 Å². The minimum Gasteiger partial charge on any atom is -0.493 e. The van der Waals surface area contributed by atoms with Gasteiger partial charge in [0.25, 0.3) is 0 Å². The maximum atomic E-state index is 12.6. The molecule has 0 aliphatic carbocycles. The molecule has 0 spiro atoms. The summed E-state index contributed by atoms with van der Waals surface area (Å²) in [6.07, 6.45) is 0.